The molecule has 2 aliphatic heterocycles. The highest BCUT2D eigenvalue weighted by atomic mass is 28.3. The fourth-order valence-corrected chi connectivity index (χ4v) is 7.16. The predicted molar refractivity (Wildman–Crippen MR) is 206 cm³/mol. The lowest BCUT2D eigenvalue weighted by Crippen LogP contribution is -2.22. The lowest BCUT2D eigenvalue weighted by molar-refractivity contribution is -0.137. The van der Waals surface area contributed by atoms with Crippen LogP contribution in [0.1, 0.15) is 49.8 Å². The van der Waals surface area contributed by atoms with E-state index in [1.54, 1.807) is 36.4 Å². The van der Waals surface area contributed by atoms with Crippen molar-refractivity contribution in [3.8, 4) is 34.6 Å². The molecule has 5 aromatic rings. The zero-order chi connectivity index (χ0) is 39.3. The van der Waals surface area contributed by atoms with Gasteiger partial charge in [-0.1, -0.05) is 49.8 Å². The lowest BCUT2D eigenvalue weighted by atomic mass is 10.0. The highest BCUT2D eigenvalue weighted by Crippen LogP contribution is 2.41. The molecule has 6 nitrogen and oxygen atoms in total. The largest absolute Gasteiger partial charge is 0.462 e. The number of nitrogens with one attached hydrogen (secondary N) is 2. The van der Waals surface area contributed by atoms with Crippen LogP contribution in [0.15, 0.2) is 72.8 Å². The molecular weight excluding hydrogens is 735 g/mol. The van der Waals surface area contributed by atoms with Crippen LogP contribution in [0.4, 0.5) is 26.3 Å². The number of aromatic nitrogens is 4. The number of benzene rings is 2. The van der Waals surface area contributed by atoms with Crippen molar-refractivity contribution in [1.82, 2.24) is 19.9 Å². The first kappa shape index (κ1) is 37.2. The summed E-state index contributed by atoms with van der Waals surface area (Å²) in [6.07, 6.45) is 0.956. The van der Waals surface area contributed by atoms with Crippen LogP contribution in [0.5, 0.6) is 0 Å². The maximum Gasteiger partial charge on any atom is 0.420 e. The van der Waals surface area contributed by atoms with Crippen molar-refractivity contribution in [1.29, 1.82) is 0 Å². The van der Waals surface area contributed by atoms with E-state index in [9.17, 15) is 31.1 Å². The molecule has 0 fully saturated rings. The molecule has 3 aromatic heterocycles. The van der Waals surface area contributed by atoms with Gasteiger partial charge in [0.05, 0.1) is 46.0 Å². The second kappa shape index (κ2) is 13.9. The Morgan fingerprint density at radius 3 is 1.55 bits per heavy atom. The van der Waals surface area contributed by atoms with Crippen LogP contribution in [0.25, 0.3) is 68.6 Å². The molecule has 0 unspecified atom stereocenters. The number of esters is 1. The Morgan fingerprint density at radius 2 is 1.09 bits per heavy atom. The number of terminal acetylenes is 1. The number of fused-ring (bicyclic) bond motifs is 8. The Labute approximate surface area is 312 Å². The number of carbonyl (C=O) groups excluding carboxylic acids is 1. The summed E-state index contributed by atoms with van der Waals surface area (Å²) in [6, 6.07) is 18.7. The maximum atomic E-state index is 15.0. The van der Waals surface area contributed by atoms with Crippen molar-refractivity contribution >= 4 is 60.4 Å². The van der Waals surface area contributed by atoms with Gasteiger partial charge in [-0.05, 0) is 90.0 Å². The normalized spacial score (nSPS) is 12.9. The molecule has 7 rings (SSSR count). The van der Waals surface area contributed by atoms with Gasteiger partial charge in [0.1, 0.15) is 11.1 Å². The van der Waals surface area contributed by atoms with Crippen LogP contribution in [-0.4, -0.2) is 40.6 Å². The summed E-state index contributed by atoms with van der Waals surface area (Å²) in [5.74, 6) is 1.95. The van der Waals surface area contributed by atoms with Crippen LogP contribution in [0.3, 0.4) is 0 Å². The van der Waals surface area contributed by atoms with Crippen LogP contribution in [0.2, 0.25) is 25.7 Å². The second-order valence-electron chi connectivity index (χ2n) is 14.2. The van der Waals surface area contributed by atoms with E-state index in [2.05, 4.69) is 45.5 Å². The Bertz CT molecular complexity index is 2490. The van der Waals surface area contributed by atoms with E-state index in [-0.39, 0.29) is 56.8 Å². The van der Waals surface area contributed by atoms with Gasteiger partial charge in [0, 0.05) is 35.8 Å². The monoisotopic (exact) mass is 766 g/mol. The van der Waals surface area contributed by atoms with Gasteiger partial charge in [-0.25, -0.2) is 14.8 Å². The predicted octanol–water partition coefficient (Wildman–Crippen LogP) is 11.5. The Balaban J connectivity index is 1.53. The zero-order valence-corrected chi connectivity index (χ0v) is 30.7. The maximum absolute atomic E-state index is 15.0. The summed E-state index contributed by atoms with van der Waals surface area (Å²) < 4.78 is 95.3. The first-order chi connectivity index (χ1) is 26.0. The summed E-state index contributed by atoms with van der Waals surface area (Å²) in [6.45, 7) is 6.73. The van der Waals surface area contributed by atoms with E-state index in [1.807, 2.05) is 0 Å². The molecule has 278 valence electrons. The average molecular weight is 767 g/mol. The molecule has 0 spiro atoms. The molecule has 2 aromatic carbocycles. The summed E-state index contributed by atoms with van der Waals surface area (Å²) in [7, 11) is -1.46. The SMILES string of the molecule is C#Cc1ccc(-c2c3nc(c(C(F)(F)F)c4ccc([nH]4)c(-c4ccc(C(=O)OCC[Si](C)(C)C)cc4)c4ccc([nH]4)c(C(F)(F)F)c4nc2C=C4)C=C3)cc1. The number of ether oxygens (including phenoxy) is 1. The van der Waals surface area contributed by atoms with E-state index in [1.165, 1.54) is 60.7 Å². The lowest BCUT2D eigenvalue weighted by Gasteiger charge is -2.15. The van der Waals surface area contributed by atoms with Crippen LogP contribution in [0, 0.1) is 12.3 Å². The molecule has 2 N–H and O–H groups in total. The minimum Gasteiger partial charge on any atom is -0.462 e. The van der Waals surface area contributed by atoms with E-state index >= 15 is 0 Å². The molecule has 5 heterocycles. The van der Waals surface area contributed by atoms with Gasteiger partial charge in [0.25, 0.3) is 0 Å². The molecule has 13 heteroatoms. The van der Waals surface area contributed by atoms with Crippen LogP contribution in [-0.2, 0) is 17.1 Å². The number of nitrogens with zero attached hydrogens (tertiary/aromatic N) is 2. The summed E-state index contributed by atoms with van der Waals surface area (Å²) in [5, 5.41) is 0. The van der Waals surface area contributed by atoms with Gasteiger partial charge in [0.2, 0.25) is 0 Å². The molecule has 0 saturated heterocycles. The summed E-state index contributed by atoms with van der Waals surface area (Å²) in [4.78, 5) is 27.3. The third kappa shape index (κ3) is 7.63. The third-order valence-electron chi connectivity index (χ3n) is 9.16. The van der Waals surface area contributed by atoms with Gasteiger partial charge in [0.15, 0.2) is 0 Å². The summed E-state index contributed by atoms with van der Waals surface area (Å²) in [5.41, 5.74) is -1.01. The Morgan fingerprint density at radius 1 is 0.655 bits per heavy atom. The minimum absolute atomic E-state index is 0.0656. The smallest absolute Gasteiger partial charge is 0.420 e. The highest BCUT2D eigenvalue weighted by Gasteiger charge is 2.38. The van der Waals surface area contributed by atoms with Crippen molar-refractivity contribution in [2.75, 3.05) is 6.61 Å². The van der Waals surface area contributed by atoms with Crippen molar-refractivity contribution in [3.63, 3.8) is 0 Å². The molecule has 0 atom stereocenters. The highest BCUT2D eigenvalue weighted by molar-refractivity contribution is 6.76. The number of halogens is 6. The van der Waals surface area contributed by atoms with Crippen molar-refractivity contribution in [2.24, 2.45) is 0 Å². The number of hydrogen-bond acceptors (Lipinski definition) is 4. The number of H-pyrrole nitrogens is 2. The van der Waals surface area contributed by atoms with Gasteiger partial charge in [-0.3, -0.25) is 0 Å². The van der Waals surface area contributed by atoms with Gasteiger partial charge >= 0.3 is 18.3 Å². The first-order valence-corrected chi connectivity index (χ1v) is 20.9. The van der Waals surface area contributed by atoms with Gasteiger partial charge in [-0.15, -0.1) is 6.42 Å². The first-order valence-electron chi connectivity index (χ1n) is 17.2. The van der Waals surface area contributed by atoms with Crippen LogP contribution >= 0.6 is 0 Å². The molecule has 0 radical (unpaired) electrons. The molecule has 2 aliphatic rings. The minimum atomic E-state index is -4.87. The fraction of sp³-hybridized carbons (Fsp3) is 0.167. The molecule has 8 bridgehead atoms. The van der Waals surface area contributed by atoms with E-state index in [0.29, 0.717) is 16.7 Å². The van der Waals surface area contributed by atoms with Gasteiger partial charge < -0.3 is 14.7 Å². The van der Waals surface area contributed by atoms with Crippen molar-refractivity contribution in [2.45, 2.75) is 38.0 Å². The fourth-order valence-electron chi connectivity index (χ4n) is 6.45. The number of alkyl halides is 6. The quantitative estimate of drug-likeness (QED) is 0.0764. The Hall–Kier alpha value is -6.13. The van der Waals surface area contributed by atoms with Crippen LogP contribution < -0.4 is 0 Å². The zero-order valence-electron chi connectivity index (χ0n) is 29.7. The molecule has 0 aliphatic carbocycles. The van der Waals surface area contributed by atoms with Crippen molar-refractivity contribution in [3.05, 3.63) is 118 Å². The molecule has 0 saturated carbocycles. The average Bonchev–Trinajstić information content (AvgIpc) is 3.94. The third-order valence-corrected chi connectivity index (χ3v) is 10.9. The van der Waals surface area contributed by atoms with E-state index < -0.39 is 48.9 Å². The number of rotatable bonds is 6. The molecular formula is C42H32F6N4O2Si. The van der Waals surface area contributed by atoms with Crippen molar-refractivity contribution < 1.29 is 35.9 Å². The molecule has 55 heavy (non-hydrogen) atoms. The summed E-state index contributed by atoms with van der Waals surface area (Å²) >= 11 is 0. The second-order valence-corrected chi connectivity index (χ2v) is 19.9. The van der Waals surface area contributed by atoms with E-state index in [4.69, 9.17) is 11.2 Å². The van der Waals surface area contributed by atoms with Gasteiger partial charge in [-0.2, -0.15) is 26.3 Å². The Kier molecular flexibility index (Phi) is 9.42. The number of aromatic amines is 2. The molecule has 0 amide bonds. The van der Waals surface area contributed by atoms with E-state index in [0.717, 1.165) is 6.04 Å². The standard InChI is InChI=1S/C42H32F6N4O2Si/c1-5-24-6-8-25(9-7-24)36-28-14-18-32(49-28)38(41(43,44)45)34-20-16-30(51-34)37(26-10-12-27(13-11-26)40(53)54-22-23-55(2,3)4)31-17-21-35(52-31)39(42(46,47)48)33-19-15-29(36)50-33/h1,6-21,51-52H,22-23H2,2-4H3. The topological polar surface area (TPSA) is 83.7 Å². The number of carbonyl (C=O) groups is 1. The number of hydrogen-bond donors (Lipinski definition) is 2.